The highest BCUT2D eigenvalue weighted by atomic mass is 16.5. The molecule has 0 bridgehead atoms. The number of carboxylic acid groups (broad SMARTS) is 1. The van der Waals surface area contributed by atoms with Gasteiger partial charge in [0.1, 0.15) is 12.1 Å². The summed E-state index contributed by atoms with van der Waals surface area (Å²) in [7, 11) is 0. The first-order valence-corrected chi connectivity index (χ1v) is 10.9. The number of carboxylic acids is 1. The molecule has 1 aliphatic heterocycles. The van der Waals surface area contributed by atoms with Crippen molar-refractivity contribution in [1.29, 1.82) is 0 Å². The fourth-order valence-electron chi connectivity index (χ4n) is 5.03. The lowest BCUT2D eigenvalue weighted by Crippen LogP contribution is -2.60. The Morgan fingerprint density at radius 3 is 2.70 bits per heavy atom. The van der Waals surface area contributed by atoms with Crippen molar-refractivity contribution >= 4 is 17.7 Å². The van der Waals surface area contributed by atoms with E-state index in [1.165, 1.54) is 0 Å². The number of carbonyl (C=O) groups is 3. The summed E-state index contributed by atoms with van der Waals surface area (Å²) in [5.74, 6) is -1.30. The number of ketones is 1. The second-order valence-electron chi connectivity index (χ2n) is 8.41. The molecule has 0 radical (unpaired) electrons. The van der Waals surface area contributed by atoms with Gasteiger partial charge in [0.05, 0.1) is 18.2 Å². The third-order valence-corrected chi connectivity index (χ3v) is 6.49. The normalized spacial score (nSPS) is 27.3. The van der Waals surface area contributed by atoms with Gasteiger partial charge in [-0.1, -0.05) is 36.8 Å². The maximum Gasteiger partial charge on any atom is 0.323 e. The van der Waals surface area contributed by atoms with Crippen molar-refractivity contribution < 1.29 is 24.2 Å². The number of benzene rings is 1. The molecule has 5 atom stereocenters. The van der Waals surface area contributed by atoms with Crippen molar-refractivity contribution in [3.63, 3.8) is 0 Å². The van der Waals surface area contributed by atoms with Crippen LogP contribution in [0.2, 0.25) is 0 Å². The third kappa shape index (κ3) is 4.73. The number of ether oxygens (including phenoxy) is 1. The van der Waals surface area contributed by atoms with Crippen LogP contribution in [0.1, 0.15) is 51.5 Å². The average molecular weight is 417 g/mol. The maximum atomic E-state index is 13.4. The van der Waals surface area contributed by atoms with E-state index in [0.717, 1.165) is 18.4 Å². The van der Waals surface area contributed by atoms with Crippen molar-refractivity contribution in [2.45, 2.75) is 76.0 Å². The molecule has 1 saturated carbocycles. The van der Waals surface area contributed by atoms with Crippen LogP contribution in [0, 0.1) is 5.92 Å². The summed E-state index contributed by atoms with van der Waals surface area (Å²) in [6, 6.07) is 8.00. The van der Waals surface area contributed by atoms with Crippen LogP contribution in [0.25, 0.3) is 0 Å². The van der Waals surface area contributed by atoms with Crippen LogP contribution in [-0.4, -0.2) is 53.1 Å². The molecule has 164 valence electrons. The molecule has 1 saturated heterocycles. The van der Waals surface area contributed by atoms with Gasteiger partial charge in [-0.2, -0.15) is 0 Å². The summed E-state index contributed by atoms with van der Waals surface area (Å²) in [4.78, 5) is 37.4. The summed E-state index contributed by atoms with van der Waals surface area (Å²) in [5.41, 5.74) is 0.303. The fourth-order valence-corrected chi connectivity index (χ4v) is 5.03. The van der Waals surface area contributed by atoms with Gasteiger partial charge in [-0.3, -0.25) is 25.0 Å². The topological polar surface area (TPSA) is 105 Å². The first-order valence-electron chi connectivity index (χ1n) is 10.9. The van der Waals surface area contributed by atoms with Crippen LogP contribution >= 0.6 is 0 Å². The summed E-state index contributed by atoms with van der Waals surface area (Å²) >= 11 is 0. The molecule has 1 aromatic carbocycles. The Balaban J connectivity index is 1.69. The lowest BCUT2D eigenvalue weighted by Gasteiger charge is -2.33. The van der Waals surface area contributed by atoms with E-state index in [9.17, 15) is 19.5 Å². The Kier molecular flexibility index (Phi) is 7.26. The summed E-state index contributed by atoms with van der Waals surface area (Å²) in [6.07, 6.45) is 4.07. The molecule has 2 fully saturated rings. The van der Waals surface area contributed by atoms with E-state index in [4.69, 9.17) is 4.74 Å². The lowest BCUT2D eigenvalue weighted by atomic mass is 9.81. The molecule has 7 heteroatoms. The van der Waals surface area contributed by atoms with E-state index in [1.807, 2.05) is 30.3 Å². The van der Waals surface area contributed by atoms with Crippen molar-refractivity contribution in [2.75, 3.05) is 6.61 Å². The predicted molar refractivity (Wildman–Crippen MR) is 112 cm³/mol. The van der Waals surface area contributed by atoms with Crippen LogP contribution in [0.3, 0.4) is 0 Å². The molecular formula is C23H32N2O5. The van der Waals surface area contributed by atoms with E-state index in [2.05, 4.69) is 10.6 Å². The molecule has 3 N–H and O–H groups in total. The number of hydrogen-bond donors (Lipinski definition) is 3. The number of aliphatic carboxylic acids is 1. The SMILES string of the molecule is CCOC(=O)C(CCc1ccccc1)NC(C)C(=O)[C@]12CCCC1CC(C(=O)O)N2. The molecule has 3 rings (SSSR count). The molecule has 0 aromatic heterocycles. The van der Waals surface area contributed by atoms with E-state index in [0.29, 0.717) is 25.7 Å². The van der Waals surface area contributed by atoms with Crippen molar-refractivity contribution in [3.8, 4) is 0 Å². The second-order valence-corrected chi connectivity index (χ2v) is 8.41. The molecule has 4 unspecified atom stereocenters. The smallest absolute Gasteiger partial charge is 0.323 e. The zero-order valence-corrected chi connectivity index (χ0v) is 17.7. The summed E-state index contributed by atoms with van der Waals surface area (Å²) in [5, 5.41) is 15.7. The highest BCUT2D eigenvalue weighted by Gasteiger charge is 2.56. The van der Waals surface area contributed by atoms with Gasteiger partial charge in [-0.15, -0.1) is 0 Å². The average Bonchev–Trinajstić information content (AvgIpc) is 3.30. The number of hydrogen-bond acceptors (Lipinski definition) is 6. The maximum absolute atomic E-state index is 13.4. The van der Waals surface area contributed by atoms with Gasteiger partial charge in [-0.25, -0.2) is 0 Å². The fraction of sp³-hybridized carbons (Fsp3) is 0.609. The quantitative estimate of drug-likeness (QED) is 0.502. The largest absolute Gasteiger partial charge is 0.480 e. The number of nitrogens with one attached hydrogen (secondary N) is 2. The standard InChI is InChI=1S/C23H32N2O5/c1-3-30-22(29)18(12-11-16-8-5-4-6-9-16)24-15(2)20(26)23-13-7-10-17(23)14-19(25-23)21(27)28/h4-6,8-9,15,17-19,24-25H,3,7,10-14H2,1-2H3,(H,27,28)/t15?,17?,18?,19?,23-/m0/s1. The van der Waals surface area contributed by atoms with Crippen molar-refractivity contribution in [2.24, 2.45) is 5.92 Å². The first kappa shape index (κ1) is 22.4. The van der Waals surface area contributed by atoms with E-state index < -0.39 is 29.6 Å². The molecule has 1 aromatic rings. The van der Waals surface area contributed by atoms with Crippen LogP contribution in [0.5, 0.6) is 0 Å². The molecule has 0 amide bonds. The molecule has 30 heavy (non-hydrogen) atoms. The highest BCUT2D eigenvalue weighted by molar-refractivity contribution is 5.95. The minimum absolute atomic E-state index is 0.0284. The van der Waals surface area contributed by atoms with Gasteiger partial charge in [0.2, 0.25) is 0 Å². The number of carbonyl (C=O) groups excluding carboxylic acids is 2. The Hall–Kier alpha value is -2.25. The van der Waals surface area contributed by atoms with Crippen LogP contribution < -0.4 is 10.6 Å². The highest BCUT2D eigenvalue weighted by Crippen LogP contribution is 2.44. The molecule has 1 aliphatic carbocycles. The molecule has 0 spiro atoms. The number of rotatable bonds is 10. The van der Waals surface area contributed by atoms with E-state index in [-0.39, 0.29) is 24.3 Å². The van der Waals surface area contributed by atoms with Crippen molar-refractivity contribution in [1.82, 2.24) is 10.6 Å². The number of fused-ring (bicyclic) bond motifs is 1. The predicted octanol–water partition coefficient (Wildman–Crippen LogP) is 2.08. The van der Waals surface area contributed by atoms with Crippen LogP contribution in [0.4, 0.5) is 0 Å². The zero-order valence-electron chi connectivity index (χ0n) is 17.7. The van der Waals surface area contributed by atoms with Gasteiger partial charge in [0.25, 0.3) is 0 Å². The van der Waals surface area contributed by atoms with Gasteiger partial charge >= 0.3 is 11.9 Å². The van der Waals surface area contributed by atoms with Crippen molar-refractivity contribution in [3.05, 3.63) is 35.9 Å². The zero-order chi connectivity index (χ0) is 21.7. The summed E-state index contributed by atoms with van der Waals surface area (Å²) in [6.45, 7) is 3.80. The molecule has 7 nitrogen and oxygen atoms in total. The Morgan fingerprint density at radius 1 is 1.30 bits per heavy atom. The van der Waals surface area contributed by atoms with Gasteiger partial charge in [-0.05, 0) is 57.4 Å². The Bertz CT molecular complexity index is 768. The second kappa shape index (κ2) is 9.71. The summed E-state index contributed by atoms with van der Waals surface area (Å²) < 4.78 is 5.23. The molecular weight excluding hydrogens is 384 g/mol. The number of esters is 1. The Morgan fingerprint density at radius 2 is 2.03 bits per heavy atom. The van der Waals surface area contributed by atoms with Gasteiger partial charge in [0, 0.05) is 0 Å². The molecule has 2 aliphatic rings. The number of aryl methyl sites for hydroxylation is 1. The minimum atomic E-state index is -0.913. The first-order chi connectivity index (χ1) is 14.4. The Labute approximate surface area is 177 Å². The minimum Gasteiger partial charge on any atom is -0.480 e. The van der Waals surface area contributed by atoms with Crippen LogP contribution in [-0.2, 0) is 25.5 Å². The van der Waals surface area contributed by atoms with Gasteiger partial charge in [0.15, 0.2) is 5.78 Å². The molecule has 1 heterocycles. The third-order valence-electron chi connectivity index (χ3n) is 6.49. The van der Waals surface area contributed by atoms with E-state index >= 15 is 0 Å². The monoisotopic (exact) mass is 416 g/mol. The van der Waals surface area contributed by atoms with E-state index in [1.54, 1.807) is 13.8 Å². The lowest BCUT2D eigenvalue weighted by molar-refractivity contribution is -0.146. The van der Waals surface area contributed by atoms with Gasteiger partial charge < -0.3 is 9.84 Å². The van der Waals surface area contributed by atoms with Crippen LogP contribution in [0.15, 0.2) is 30.3 Å². The number of Topliss-reactive ketones (excluding diaryl/α,β-unsaturated/α-hetero) is 1.